The maximum Gasteiger partial charge on any atom is 0.387 e. The molecular weight excluding hydrogens is 372 g/mol. The molecule has 1 heterocycles. The van der Waals surface area contributed by atoms with Crippen LogP contribution in [0.25, 0.3) is 0 Å². The molecule has 0 aliphatic carbocycles. The lowest BCUT2D eigenvalue weighted by Gasteiger charge is -2.15. The maximum atomic E-state index is 12.5. The highest BCUT2D eigenvalue weighted by Crippen LogP contribution is 2.29. The standard InChI is InChI=1S/C19H29F2N3O4/c1-3-26-17-11-14(5-6-16(17)28-18(20)21)12-24-19(22-2)23-8-4-9-27-15-7-10-25-13-15/h5-6,11,15,18H,3-4,7-10,12-13H2,1-2H3,(H2,22,23,24). The van der Waals surface area contributed by atoms with E-state index in [1.807, 2.05) is 0 Å². The number of nitrogens with one attached hydrogen (secondary N) is 2. The summed E-state index contributed by atoms with van der Waals surface area (Å²) in [6.07, 6.45) is 2.03. The molecule has 1 aromatic rings. The number of hydrogen-bond donors (Lipinski definition) is 2. The van der Waals surface area contributed by atoms with Gasteiger partial charge in [-0.1, -0.05) is 6.07 Å². The van der Waals surface area contributed by atoms with Crippen molar-refractivity contribution in [2.24, 2.45) is 4.99 Å². The Morgan fingerprint density at radius 3 is 2.86 bits per heavy atom. The minimum absolute atomic E-state index is 0.0239. The van der Waals surface area contributed by atoms with E-state index in [0.717, 1.165) is 31.6 Å². The third-order valence-electron chi connectivity index (χ3n) is 4.06. The van der Waals surface area contributed by atoms with Crippen LogP contribution in [-0.4, -0.2) is 58.7 Å². The lowest BCUT2D eigenvalue weighted by molar-refractivity contribution is -0.0514. The molecule has 0 amide bonds. The Hall–Kier alpha value is -2.13. The van der Waals surface area contributed by atoms with Crippen molar-refractivity contribution in [3.05, 3.63) is 23.8 Å². The van der Waals surface area contributed by atoms with Gasteiger partial charge in [-0.15, -0.1) is 0 Å². The first-order valence-electron chi connectivity index (χ1n) is 9.46. The van der Waals surface area contributed by atoms with Crippen molar-refractivity contribution in [1.82, 2.24) is 10.6 Å². The first kappa shape index (κ1) is 22.2. The quantitative estimate of drug-likeness (QED) is 0.337. The molecule has 0 spiro atoms. The molecule has 158 valence electrons. The summed E-state index contributed by atoms with van der Waals surface area (Å²) in [6.45, 7) is 2.56. The average molecular weight is 401 g/mol. The zero-order valence-electron chi connectivity index (χ0n) is 16.4. The smallest absolute Gasteiger partial charge is 0.387 e. The van der Waals surface area contributed by atoms with E-state index < -0.39 is 6.61 Å². The lowest BCUT2D eigenvalue weighted by atomic mass is 10.2. The van der Waals surface area contributed by atoms with Crippen LogP contribution in [0.1, 0.15) is 25.3 Å². The third-order valence-corrected chi connectivity index (χ3v) is 4.06. The number of ether oxygens (including phenoxy) is 4. The van der Waals surface area contributed by atoms with Crippen LogP contribution in [0.5, 0.6) is 11.5 Å². The normalized spacial score (nSPS) is 17.0. The molecule has 2 N–H and O–H groups in total. The molecule has 1 saturated heterocycles. The van der Waals surface area contributed by atoms with E-state index in [-0.39, 0.29) is 17.6 Å². The van der Waals surface area contributed by atoms with Crippen LogP contribution < -0.4 is 20.1 Å². The van der Waals surface area contributed by atoms with Crippen LogP contribution in [0.4, 0.5) is 8.78 Å². The van der Waals surface area contributed by atoms with E-state index in [4.69, 9.17) is 14.2 Å². The number of halogens is 2. The zero-order valence-corrected chi connectivity index (χ0v) is 16.4. The van der Waals surface area contributed by atoms with E-state index in [0.29, 0.717) is 32.3 Å². The number of guanidine groups is 1. The van der Waals surface area contributed by atoms with Crippen LogP contribution in [0.3, 0.4) is 0 Å². The molecule has 1 aliphatic rings. The maximum absolute atomic E-state index is 12.5. The summed E-state index contributed by atoms with van der Waals surface area (Å²) in [6, 6.07) is 4.87. The molecule has 1 aromatic carbocycles. The summed E-state index contributed by atoms with van der Waals surface area (Å²) in [5.74, 6) is 0.962. The summed E-state index contributed by atoms with van der Waals surface area (Å²) >= 11 is 0. The van der Waals surface area contributed by atoms with E-state index in [9.17, 15) is 8.78 Å². The zero-order chi connectivity index (χ0) is 20.2. The van der Waals surface area contributed by atoms with E-state index in [1.54, 1.807) is 26.1 Å². The molecular formula is C19H29F2N3O4. The first-order valence-corrected chi connectivity index (χ1v) is 9.46. The van der Waals surface area contributed by atoms with E-state index in [1.165, 1.54) is 6.07 Å². The summed E-state index contributed by atoms with van der Waals surface area (Å²) in [5.41, 5.74) is 0.859. The monoisotopic (exact) mass is 401 g/mol. The summed E-state index contributed by atoms with van der Waals surface area (Å²) < 4.78 is 45.8. The molecule has 0 bridgehead atoms. The number of aliphatic imine (C=N–C) groups is 1. The second-order valence-electron chi connectivity index (χ2n) is 6.16. The summed E-state index contributed by atoms with van der Waals surface area (Å²) in [4.78, 5) is 4.17. The van der Waals surface area contributed by atoms with Crippen LogP contribution in [0.15, 0.2) is 23.2 Å². The molecule has 28 heavy (non-hydrogen) atoms. The highest BCUT2D eigenvalue weighted by molar-refractivity contribution is 5.79. The Labute approximate surface area is 164 Å². The molecule has 0 aromatic heterocycles. The Bertz CT molecular complexity index is 611. The van der Waals surface area contributed by atoms with Crippen molar-refractivity contribution < 1.29 is 27.7 Å². The third kappa shape index (κ3) is 7.85. The average Bonchev–Trinajstić information content (AvgIpc) is 3.19. The van der Waals surface area contributed by atoms with Gasteiger partial charge in [0.05, 0.1) is 19.3 Å². The van der Waals surface area contributed by atoms with Gasteiger partial charge < -0.3 is 29.6 Å². The van der Waals surface area contributed by atoms with Gasteiger partial charge in [-0.05, 0) is 37.5 Å². The van der Waals surface area contributed by atoms with Gasteiger partial charge in [0.15, 0.2) is 17.5 Å². The minimum atomic E-state index is -2.89. The topological polar surface area (TPSA) is 73.3 Å². The van der Waals surface area contributed by atoms with Crippen molar-refractivity contribution >= 4 is 5.96 Å². The largest absolute Gasteiger partial charge is 0.490 e. The molecule has 1 unspecified atom stereocenters. The van der Waals surface area contributed by atoms with Crippen molar-refractivity contribution in [2.75, 3.05) is 40.0 Å². The SMILES string of the molecule is CCOc1cc(CNC(=NC)NCCCOC2CCOC2)ccc1OC(F)F. The van der Waals surface area contributed by atoms with Crippen LogP contribution in [-0.2, 0) is 16.0 Å². The molecule has 0 radical (unpaired) electrons. The minimum Gasteiger partial charge on any atom is -0.490 e. The highest BCUT2D eigenvalue weighted by atomic mass is 19.3. The predicted octanol–water partition coefficient (Wildman–Crippen LogP) is 2.55. The summed E-state index contributed by atoms with van der Waals surface area (Å²) in [7, 11) is 1.69. The van der Waals surface area contributed by atoms with Crippen LogP contribution >= 0.6 is 0 Å². The number of hydrogen-bond acceptors (Lipinski definition) is 5. The molecule has 7 nitrogen and oxygen atoms in total. The molecule has 1 atom stereocenters. The molecule has 1 fully saturated rings. The first-order chi connectivity index (χ1) is 13.6. The molecule has 2 rings (SSSR count). The molecule has 9 heteroatoms. The van der Waals surface area contributed by atoms with Crippen molar-refractivity contribution in [3.8, 4) is 11.5 Å². The highest BCUT2D eigenvalue weighted by Gasteiger charge is 2.15. The van der Waals surface area contributed by atoms with Crippen molar-refractivity contribution in [1.29, 1.82) is 0 Å². The fraction of sp³-hybridized carbons (Fsp3) is 0.632. The van der Waals surface area contributed by atoms with Gasteiger partial charge in [0, 0.05) is 33.4 Å². The van der Waals surface area contributed by atoms with Gasteiger partial charge in [-0.25, -0.2) is 0 Å². The van der Waals surface area contributed by atoms with Gasteiger partial charge >= 0.3 is 6.61 Å². The number of benzene rings is 1. The predicted molar refractivity (Wildman–Crippen MR) is 102 cm³/mol. The Kier molecular flexibility index (Phi) is 9.78. The molecule has 0 saturated carbocycles. The van der Waals surface area contributed by atoms with Gasteiger partial charge in [0.1, 0.15) is 0 Å². The Morgan fingerprint density at radius 2 is 2.18 bits per heavy atom. The van der Waals surface area contributed by atoms with Crippen molar-refractivity contribution in [2.45, 2.75) is 39.0 Å². The van der Waals surface area contributed by atoms with Gasteiger partial charge in [-0.3, -0.25) is 4.99 Å². The van der Waals surface area contributed by atoms with Gasteiger partial charge in [-0.2, -0.15) is 8.78 Å². The Morgan fingerprint density at radius 1 is 1.32 bits per heavy atom. The number of rotatable bonds is 11. The second kappa shape index (κ2) is 12.4. The number of nitrogens with zero attached hydrogens (tertiary/aromatic N) is 1. The van der Waals surface area contributed by atoms with Crippen molar-refractivity contribution in [3.63, 3.8) is 0 Å². The van der Waals surface area contributed by atoms with Crippen LogP contribution in [0.2, 0.25) is 0 Å². The fourth-order valence-electron chi connectivity index (χ4n) is 2.70. The van der Waals surface area contributed by atoms with E-state index in [2.05, 4.69) is 20.4 Å². The lowest BCUT2D eigenvalue weighted by Crippen LogP contribution is -2.37. The van der Waals surface area contributed by atoms with Gasteiger partial charge in [0.2, 0.25) is 0 Å². The van der Waals surface area contributed by atoms with Crippen LogP contribution in [0, 0.1) is 0 Å². The van der Waals surface area contributed by atoms with E-state index >= 15 is 0 Å². The number of alkyl halides is 2. The fourth-order valence-corrected chi connectivity index (χ4v) is 2.70. The Balaban J connectivity index is 1.74. The molecule has 1 aliphatic heterocycles. The second-order valence-corrected chi connectivity index (χ2v) is 6.16. The summed E-state index contributed by atoms with van der Waals surface area (Å²) in [5, 5.41) is 6.40. The van der Waals surface area contributed by atoms with Gasteiger partial charge in [0.25, 0.3) is 0 Å².